The van der Waals surface area contributed by atoms with E-state index in [1.165, 1.54) is 11.1 Å². The van der Waals surface area contributed by atoms with Crippen LogP contribution in [0.4, 0.5) is 16.5 Å². The summed E-state index contributed by atoms with van der Waals surface area (Å²) in [4.78, 5) is 13.5. The normalized spacial score (nSPS) is 10.4. The van der Waals surface area contributed by atoms with Gasteiger partial charge in [-0.25, -0.2) is 15.0 Å². The van der Waals surface area contributed by atoms with Gasteiger partial charge in [-0.05, 0) is 63.3 Å². The first-order chi connectivity index (χ1) is 16.4. The van der Waals surface area contributed by atoms with Gasteiger partial charge < -0.3 is 16.4 Å². The fraction of sp³-hybridized carbons (Fsp3) is 0.120. The molecule has 9 heteroatoms. The first-order valence-electron chi connectivity index (χ1n) is 10.6. The molecular formula is C25H25N7S2. The van der Waals surface area contributed by atoms with E-state index in [1.54, 1.807) is 17.5 Å². The quantitative estimate of drug-likeness (QED) is 0.273. The highest BCUT2D eigenvalue weighted by atomic mass is 32.1. The lowest BCUT2D eigenvalue weighted by atomic mass is 10.2. The van der Waals surface area contributed by atoms with E-state index in [2.05, 4.69) is 64.0 Å². The van der Waals surface area contributed by atoms with Gasteiger partial charge in [0.25, 0.3) is 0 Å². The van der Waals surface area contributed by atoms with Crippen molar-refractivity contribution in [2.45, 2.75) is 20.8 Å². The minimum absolute atomic E-state index is 0.300. The molecule has 0 radical (unpaired) electrons. The van der Waals surface area contributed by atoms with E-state index < -0.39 is 0 Å². The predicted octanol–water partition coefficient (Wildman–Crippen LogP) is 5.86. The number of thiazole rings is 1. The number of hydrogen-bond acceptors (Lipinski definition) is 6. The van der Waals surface area contributed by atoms with Gasteiger partial charge in [-0.3, -0.25) is 4.40 Å². The van der Waals surface area contributed by atoms with Crippen LogP contribution >= 0.6 is 23.6 Å². The highest BCUT2D eigenvalue weighted by Crippen LogP contribution is 2.29. The Labute approximate surface area is 207 Å². The third-order valence-electron chi connectivity index (χ3n) is 4.95. The Kier molecular flexibility index (Phi) is 7.15. The summed E-state index contributed by atoms with van der Waals surface area (Å²) in [6.07, 6.45) is 3.71. The number of aromatic nitrogens is 4. The molecule has 0 spiro atoms. The van der Waals surface area contributed by atoms with Crippen LogP contribution in [-0.4, -0.2) is 24.5 Å². The van der Waals surface area contributed by atoms with E-state index in [0.29, 0.717) is 10.9 Å². The number of hydrogen-bond donors (Lipinski definition) is 3. The number of nitrogens with two attached hydrogens (primary N) is 1. The van der Waals surface area contributed by atoms with Crippen LogP contribution < -0.4 is 16.4 Å². The summed E-state index contributed by atoms with van der Waals surface area (Å²) in [5.74, 6) is 0.695. The Morgan fingerprint density at radius 1 is 0.941 bits per heavy atom. The molecule has 2 aromatic carbocycles. The lowest BCUT2D eigenvalue weighted by molar-refractivity contribution is 1.11. The molecule has 0 aliphatic heterocycles. The molecule has 3 aromatic heterocycles. The van der Waals surface area contributed by atoms with Crippen molar-refractivity contribution in [3.8, 4) is 11.4 Å². The number of nitrogens with one attached hydrogen (secondary N) is 2. The summed E-state index contributed by atoms with van der Waals surface area (Å²) < 4.78 is 1.97. The van der Waals surface area contributed by atoms with Gasteiger partial charge in [-0.2, -0.15) is 0 Å². The number of imidazole rings is 1. The molecule has 0 saturated heterocycles. The maximum Gasteiger partial charge on any atom is 0.234 e. The molecule has 0 saturated carbocycles. The molecule has 0 bridgehead atoms. The fourth-order valence-electron chi connectivity index (χ4n) is 3.29. The molecule has 0 aliphatic carbocycles. The van der Waals surface area contributed by atoms with E-state index in [-0.39, 0.29) is 0 Å². The number of rotatable bonds is 4. The molecule has 0 unspecified atom stereocenters. The number of nitrogens with zero attached hydrogens (tertiary/aromatic N) is 4. The first-order valence-corrected chi connectivity index (χ1v) is 11.9. The highest BCUT2D eigenvalue weighted by molar-refractivity contribution is 7.80. The van der Waals surface area contributed by atoms with Crippen molar-refractivity contribution >= 4 is 51.0 Å². The first kappa shape index (κ1) is 23.3. The standard InChI is InChI=1S/C17H15N5S.C8H10N2S/c1-11-4-6-13(7-5-11)20-17-21-14(10-23-17)15-12(2)19-16-18-8-3-9-22(15)16;1-6-2-4-7(5-3-6)10-8(9)11/h3-10H,1-2H3,(H,20,21);2-5H,1H3,(H3,9,10,11). The number of fused-ring (bicyclic) bond motifs is 1. The Morgan fingerprint density at radius 2 is 1.59 bits per heavy atom. The third kappa shape index (κ3) is 5.75. The zero-order valence-corrected chi connectivity index (χ0v) is 20.7. The Balaban J connectivity index is 0.000000210. The van der Waals surface area contributed by atoms with Crippen molar-refractivity contribution in [1.29, 1.82) is 0 Å². The summed E-state index contributed by atoms with van der Waals surface area (Å²) in [5.41, 5.74) is 12.5. The topological polar surface area (TPSA) is 93.2 Å². The second-order valence-electron chi connectivity index (χ2n) is 7.72. The molecule has 4 N–H and O–H groups in total. The second-order valence-corrected chi connectivity index (χ2v) is 9.02. The van der Waals surface area contributed by atoms with Gasteiger partial charge in [-0.1, -0.05) is 35.4 Å². The Bertz CT molecular complexity index is 1400. The van der Waals surface area contributed by atoms with Crippen LogP contribution in [0.5, 0.6) is 0 Å². The van der Waals surface area contributed by atoms with E-state index in [9.17, 15) is 0 Å². The zero-order valence-electron chi connectivity index (χ0n) is 19.1. The number of aryl methyl sites for hydroxylation is 3. The van der Waals surface area contributed by atoms with Gasteiger partial charge in [0.05, 0.1) is 11.4 Å². The van der Waals surface area contributed by atoms with Crippen LogP contribution in [0.1, 0.15) is 16.8 Å². The maximum absolute atomic E-state index is 5.28. The van der Waals surface area contributed by atoms with Crippen LogP contribution in [0.2, 0.25) is 0 Å². The van der Waals surface area contributed by atoms with Gasteiger partial charge in [0.15, 0.2) is 10.2 Å². The molecule has 0 aliphatic rings. The number of anilines is 3. The summed E-state index contributed by atoms with van der Waals surface area (Å²) in [7, 11) is 0. The molecule has 0 atom stereocenters. The van der Waals surface area contributed by atoms with Gasteiger partial charge in [0, 0.05) is 29.1 Å². The predicted molar refractivity (Wildman–Crippen MR) is 145 cm³/mol. The maximum atomic E-state index is 5.28. The Morgan fingerprint density at radius 3 is 2.24 bits per heavy atom. The molecule has 5 rings (SSSR count). The monoisotopic (exact) mass is 487 g/mol. The SMILES string of the molecule is Cc1ccc(NC(N)=S)cc1.Cc1ccc(Nc2nc(-c3c(C)nc4ncccn34)cs2)cc1. The second kappa shape index (κ2) is 10.4. The largest absolute Gasteiger partial charge is 0.376 e. The lowest BCUT2D eigenvalue weighted by Gasteiger charge is -2.02. The van der Waals surface area contributed by atoms with Crippen molar-refractivity contribution in [2.24, 2.45) is 5.73 Å². The van der Waals surface area contributed by atoms with E-state index >= 15 is 0 Å². The van der Waals surface area contributed by atoms with Crippen molar-refractivity contribution in [3.63, 3.8) is 0 Å². The molecule has 172 valence electrons. The van der Waals surface area contributed by atoms with Gasteiger partial charge in [0.2, 0.25) is 5.78 Å². The average Bonchev–Trinajstić information content (AvgIpc) is 3.40. The minimum Gasteiger partial charge on any atom is -0.376 e. The molecule has 0 fully saturated rings. The van der Waals surface area contributed by atoms with Gasteiger partial charge >= 0.3 is 0 Å². The highest BCUT2D eigenvalue weighted by Gasteiger charge is 2.14. The molecular weight excluding hydrogens is 462 g/mol. The number of thiocarbonyl (C=S) groups is 1. The molecule has 3 heterocycles. The van der Waals surface area contributed by atoms with Crippen molar-refractivity contribution in [1.82, 2.24) is 19.4 Å². The minimum atomic E-state index is 0.300. The summed E-state index contributed by atoms with van der Waals surface area (Å²) in [6.45, 7) is 6.09. The van der Waals surface area contributed by atoms with Crippen molar-refractivity contribution in [3.05, 3.63) is 89.2 Å². The summed E-state index contributed by atoms with van der Waals surface area (Å²) in [5, 5.41) is 9.39. The van der Waals surface area contributed by atoms with Gasteiger partial charge in [-0.15, -0.1) is 11.3 Å². The third-order valence-corrected chi connectivity index (χ3v) is 5.81. The summed E-state index contributed by atoms with van der Waals surface area (Å²) in [6, 6.07) is 18.0. The molecule has 5 aromatic rings. The molecule has 7 nitrogen and oxygen atoms in total. The number of benzene rings is 2. The van der Waals surface area contributed by atoms with Gasteiger partial charge in [0.1, 0.15) is 5.69 Å². The zero-order chi connectivity index (χ0) is 24.1. The lowest BCUT2D eigenvalue weighted by Crippen LogP contribution is -2.18. The molecule has 34 heavy (non-hydrogen) atoms. The van der Waals surface area contributed by atoms with Crippen molar-refractivity contribution in [2.75, 3.05) is 10.6 Å². The fourth-order valence-corrected chi connectivity index (χ4v) is 4.12. The smallest absolute Gasteiger partial charge is 0.234 e. The van der Waals surface area contributed by atoms with E-state index in [0.717, 1.165) is 33.6 Å². The van der Waals surface area contributed by atoms with Crippen LogP contribution in [0, 0.1) is 20.8 Å². The van der Waals surface area contributed by atoms with Crippen LogP contribution in [0.25, 0.3) is 17.2 Å². The Hall–Kier alpha value is -3.82. The average molecular weight is 488 g/mol. The summed E-state index contributed by atoms with van der Waals surface area (Å²) >= 11 is 6.26. The van der Waals surface area contributed by atoms with Crippen molar-refractivity contribution < 1.29 is 0 Å². The van der Waals surface area contributed by atoms with Crippen LogP contribution in [0.3, 0.4) is 0 Å². The van der Waals surface area contributed by atoms with E-state index in [4.69, 9.17) is 10.7 Å². The van der Waals surface area contributed by atoms with Crippen LogP contribution in [-0.2, 0) is 0 Å². The van der Waals surface area contributed by atoms with E-state index in [1.807, 2.05) is 60.2 Å². The molecule has 0 amide bonds. The van der Waals surface area contributed by atoms with Crippen LogP contribution in [0.15, 0.2) is 72.4 Å².